The molecule has 2 N–H and O–H groups in total. The number of piperazine rings is 1. The van der Waals surface area contributed by atoms with Crippen LogP contribution in [-0.2, 0) is 33.0 Å². The number of rotatable bonds is 13. The molecule has 0 saturated carbocycles. The molecule has 1 amide bonds. The van der Waals surface area contributed by atoms with Gasteiger partial charge in [-0.1, -0.05) is 66.2 Å². The Kier molecular flexibility index (Phi) is 12.6. The summed E-state index contributed by atoms with van der Waals surface area (Å²) < 4.78 is 59.1. The summed E-state index contributed by atoms with van der Waals surface area (Å²) in [6.07, 6.45) is 2.41. The summed E-state index contributed by atoms with van der Waals surface area (Å²) in [5.41, 5.74) is 6.32. The molecule has 0 aromatic heterocycles. The Morgan fingerprint density at radius 1 is 0.933 bits per heavy atom. The average molecular weight is 886 g/mol. The van der Waals surface area contributed by atoms with Gasteiger partial charge in [0.1, 0.15) is 4.90 Å². The van der Waals surface area contributed by atoms with Crippen LogP contribution in [0.25, 0.3) is 11.1 Å². The molecule has 60 heavy (non-hydrogen) atoms. The Bertz CT molecular complexity index is 2580. The number of benzene rings is 5. The highest BCUT2D eigenvalue weighted by atomic mass is 35.5. The van der Waals surface area contributed by atoms with Crippen LogP contribution in [-0.4, -0.2) is 97.3 Å². The minimum atomic E-state index is -4.43. The van der Waals surface area contributed by atoms with Crippen LogP contribution in [0.2, 0.25) is 5.02 Å². The Labute approximate surface area is 362 Å². The van der Waals surface area contributed by atoms with Crippen LogP contribution in [0.4, 0.5) is 11.4 Å². The highest BCUT2D eigenvalue weighted by Gasteiger charge is 2.35. The van der Waals surface area contributed by atoms with Crippen molar-refractivity contribution in [2.45, 2.75) is 52.6 Å². The first-order valence-corrected chi connectivity index (χ1v) is 24.4. The van der Waals surface area contributed by atoms with Crippen LogP contribution in [0.3, 0.4) is 0 Å². The van der Waals surface area contributed by atoms with Crippen LogP contribution in [0.1, 0.15) is 34.3 Å². The molecule has 11 nitrogen and oxygen atoms in total. The smallest absolute Gasteiger partial charge is 0.265 e. The summed E-state index contributed by atoms with van der Waals surface area (Å²) in [5.74, 6) is -0.0840. The number of anilines is 2. The minimum absolute atomic E-state index is 0.0556. The fraction of sp³-hybridized carbons (Fsp3) is 0.311. The predicted octanol–water partition coefficient (Wildman–Crippen LogP) is 6.93. The van der Waals surface area contributed by atoms with Crippen molar-refractivity contribution in [3.8, 4) is 11.1 Å². The number of amides is 1. The summed E-state index contributed by atoms with van der Waals surface area (Å²) in [7, 11) is -4.47. The third kappa shape index (κ3) is 9.40. The number of nitrogens with zero attached hydrogens (tertiary/aromatic N) is 4. The van der Waals surface area contributed by atoms with Gasteiger partial charge < -0.3 is 14.7 Å². The van der Waals surface area contributed by atoms with E-state index in [-0.39, 0.29) is 28.1 Å². The normalized spacial score (nSPS) is 18.0. The van der Waals surface area contributed by atoms with Crippen LogP contribution in [0, 0.1) is 0 Å². The van der Waals surface area contributed by atoms with Crippen molar-refractivity contribution in [3.63, 3.8) is 0 Å². The molecule has 15 heteroatoms. The Morgan fingerprint density at radius 2 is 1.68 bits per heavy atom. The fourth-order valence-electron chi connectivity index (χ4n) is 8.41. The zero-order chi connectivity index (χ0) is 42.0. The van der Waals surface area contributed by atoms with E-state index >= 15 is 0 Å². The number of aryl methyl sites for hydroxylation is 1. The van der Waals surface area contributed by atoms with Gasteiger partial charge in [-0.3, -0.25) is 9.69 Å². The van der Waals surface area contributed by atoms with Gasteiger partial charge in [0.2, 0.25) is 10.0 Å². The number of carbonyl (C=O) groups is 1. The van der Waals surface area contributed by atoms with Gasteiger partial charge in [-0.25, -0.2) is 21.6 Å². The van der Waals surface area contributed by atoms with Crippen molar-refractivity contribution < 1.29 is 21.6 Å². The first kappa shape index (κ1) is 42.3. The lowest BCUT2D eigenvalue weighted by molar-refractivity contribution is 0.0981. The average Bonchev–Trinajstić information content (AvgIpc) is 3.24. The number of nitrogens with one attached hydrogen (secondary N) is 2. The number of halogens is 1. The molecular weight excluding hydrogens is 836 g/mol. The molecule has 1 fully saturated rings. The molecule has 0 radical (unpaired) electrons. The van der Waals surface area contributed by atoms with Gasteiger partial charge in [-0.2, -0.15) is 4.72 Å². The molecule has 3 aliphatic heterocycles. The first-order valence-electron chi connectivity index (χ1n) is 20.1. The number of carbonyl (C=O) groups excluding carboxylic acids is 1. The van der Waals surface area contributed by atoms with Gasteiger partial charge in [-0.05, 0) is 123 Å². The second-order valence-corrected chi connectivity index (χ2v) is 20.8. The van der Waals surface area contributed by atoms with E-state index in [9.17, 15) is 21.6 Å². The van der Waals surface area contributed by atoms with Crippen molar-refractivity contribution in [2.75, 3.05) is 62.5 Å². The fourth-order valence-corrected chi connectivity index (χ4v) is 11.9. The van der Waals surface area contributed by atoms with E-state index in [0.29, 0.717) is 22.5 Å². The number of hydrogen-bond acceptors (Lipinski definition) is 10. The maximum absolute atomic E-state index is 13.7. The van der Waals surface area contributed by atoms with E-state index in [2.05, 4.69) is 60.5 Å². The maximum atomic E-state index is 13.7. The summed E-state index contributed by atoms with van der Waals surface area (Å²) in [6.45, 7) is 4.27. The standard InChI is InChI=1S/C45H49ClN6O5S3/c1-49(2)23-22-38(30-58-39-9-4-3-5-10-39)52-31-47-60(56,57)44-27-40(19-21-43(44)52)59(54,55)48-45(53)34-15-20-42-33(26-34)14-18-37-29-50(24-25-51(37)42)28-35-8-6-7-11-41(35)32-12-16-36(46)17-13-32/h3-13,15-17,19-21,26-27,37-38,47H,14,18,22-25,28-31H2,1-2H3,(H,48,53)/t37-,38+/m0/s1. The second kappa shape index (κ2) is 17.9. The highest BCUT2D eigenvalue weighted by molar-refractivity contribution is 7.99. The van der Waals surface area contributed by atoms with Gasteiger partial charge in [0.05, 0.1) is 17.3 Å². The monoisotopic (exact) mass is 884 g/mol. The van der Waals surface area contributed by atoms with Gasteiger partial charge in [-0.15, -0.1) is 11.8 Å². The van der Waals surface area contributed by atoms with E-state index in [1.54, 1.807) is 23.9 Å². The van der Waals surface area contributed by atoms with Gasteiger partial charge in [0, 0.05) is 65.2 Å². The number of thioether (sulfide) groups is 1. The SMILES string of the molecule is CN(C)CC[C@H](CSc1ccccc1)N1CNS(=O)(=O)c2cc(S(=O)(=O)NC(=O)c3ccc4c(c3)CC[C@H]3CN(Cc5ccccc5-c5ccc(Cl)cc5)CCN43)ccc21. The van der Waals surface area contributed by atoms with Crippen molar-refractivity contribution in [1.82, 2.24) is 19.2 Å². The van der Waals surface area contributed by atoms with Crippen molar-refractivity contribution in [2.24, 2.45) is 0 Å². The zero-order valence-corrected chi connectivity index (χ0v) is 36.8. The Morgan fingerprint density at radius 3 is 2.47 bits per heavy atom. The lowest BCUT2D eigenvalue weighted by atomic mass is 9.92. The molecule has 3 aliphatic rings. The third-order valence-electron chi connectivity index (χ3n) is 11.6. The predicted molar refractivity (Wildman–Crippen MR) is 241 cm³/mol. The molecule has 2 atom stereocenters. The maximum Gasteiger partial charge on any atom is 0.265 e. The Balaban J connectivity index is 0.945. The van der Waals surface area contributed by atoms with E-state index in [0.717, 1.165) is 79.8 Å². The Hall–Kier alpha value is -4.41. The molecule has 5 aromatic rings. The number of sulfonamides is 2. The van der Waals surface area contributed by atoms with Crippen molar-refractivity contribution >= 4 is 60.7 Å². The lowest BCUT2D eigenvalue weighted by Crippen LogP contribution is -2.54. The van der Waals surface area contributed by atoms with Gasteiger partial charge in [0.15, 0.2) is 0 Å². The quantitative estimate of drug-likeness (QED) is 0.121. The molecule has 314 valence electrons. The van der Waals surface area contributed by atoms with E-state index in [4.69, 9.17) is 11.6 Å². The second-order valence-electron chi connectivity index (χ2n) is 15.8. The van der Waals surface area contributed by atoms with Crippen LogP contribution in [0.15, 0.2) is 130 Å². The zero-order valence-electron chi connectivity index (χ0n) is 33.6. The molecule has 3 heterocycles. The first-order chi connectivity index (χ1) is 28.8. The van der Waals surface area contributed by atoms with E-state index in [1.165, 1.54) is 23.3 Å². The van der Waals surface area contributed by atoms with Gasteiger partial charge >= 0.3 is 0 Å². The van der Waals surface area contributed by atoms with Crippen molar-refractivity contribution in [3.05, 3.63) is 137 Å². The molecule has 0 aliphatic carbocycles. The molecule has 0 unspecified atom stereocenters. The summed E-state index contributed by atoms with van der Waals surface area (Å²) >= 11 is 7.85. The molecule has 8 rings (SSSR count). The molecular formula is C45H49ClN6O5S3. The van der Waals surface area contributed by atoms with Crippen molar-refractivity contribution in [1.29, 1.82) is 0 Å². The lowest BCUT2D eigenvalue weighted by Gasteiger charge is -2.46. The van der Waals surface area contributed by atoms with Crippen LogP contribution >= 0.6 is 23.4 Å². The number of fused-ring (bicyclic) bond motifs is 4. The summed E-state index contributed by atoms with van der Waals surface area (Å²) in [5, 5.41) is 0.715. The highest BCUT2D eigenvalue weighted by Crippen LogP contribution is 2.37. The van der Waals surface area contributed by atoms with Crippen LogP contribution in [0.5, 0.6) is 0 Å². The summed E-state index contributed by atoms with van der Waals surface area (Å²) in [6, 6.07) is 36.1. The molecule has 1 saturated heterocycles. The number of hydrogen-bond donors (Lipinski definition) is 2. The largest absolute Gasteiger partial charge is 0.366 e. The third-order valence-corrected chi connectivity index (χ3v) is 15.7. The summed E-state index contributed by atoms with van der Waals surface area (Å²) in [4.78, 5) is 23.2. The minimum Gasteiger partial charge on any atom is -0.366 e. The molecule has 5 aromatic carbocycles. The van der Waals surface area contributed by atoms with Gasteiger partial charge in [0.25, 0.3) is 15.9 Å². The topological polar surface area (TPSA) is 122 Å². The molecule has 0 bridgehead atoms. The van der Waals surface area contributed by atoms with E-state index in [1.807, 2.05) is 67.5 Å². The van der Waals surface area contributed by atoms with Crippen LogP contribution < -0.4 is 19.2 Å². The molecule has 0 spiro atoms. The van der Waals surface area contributed by atoms with E-state index < -0.39 is 26.0 Å².